The summed E-state index contributed by atoms with van der Waals surface area (Å²) in [4.78, 5) is 12.5. The maximum absolute atomic E-state index is 12.5. The fourth-order valence-electron chi connectivity index (χ4n) is 2.85. The molecule has 0 bridgehead atoms. The van der Waals surface area contributed by atoms with E-state index in [9.17, 15) is 10.1 Å². The van der Waals surface area contributed by atoms with Crippen molar-refractivity contribution in [3.8, 4) is 23.3 Å². The topological polar surface area (TPSA) is 68.5 Å². The van der Waals surface area contributed by atoms with Gasteiger partial charge in [0, 0.05) is 5.56 Å². The average Bonchev–Trinajstić information content (AvgIpc) is 2.77. The molecule has 0 aromatic heterocycles. The number of nitriles is 1. The lowest BCUT2D eigenvalue weighted by molar-refractivity contribution is 0.0731. The summed E-state index contributed by atoms with van der Waals surface area (Å²) in [7, 11) is 3.06. The fraction of sp³-hybridized carbons (Fsp3) is 0.0833. The van der Waals surface area contributed by atoms with E-state index in [1.165, 1.54) is 7.11 Å². The third-order valence-electron chi connectivity index (χ3n) is 4.22. The van der Waals surface area contributed by atoms with Crippen LogP contribution in [0, 0.1) is 11.3 Å². The fourth-order valence-corrected chi connectivity index (χ4v) is 2.85. The lowest BCUT2D eigenvalue weighted by Gasteiger charge is -2.09. The summed E-state index contributed by atoms with van der Waals surface area (Å²) in [5, 5.41) is 9.61. The van der Waals surface area contributed by atoms with Gasteiger partial charge >= 0.3 is 5.97 Å². The molecule has 0 atom stereocenters. The van der Waals surface area contributed by atoms with Crippen molar-refractivity contribution in [2.24, 2.45) is 0 Å². The van der Waals surface area contributed by atoms with Gasteiger partial charge in [0.1, 0.15) is 22.8 Å². The van der Waals surface area contributed by atoms with Crippen LogP contribution >= 0.6 is 0 Å². The third-order valence-corrected chi connectivity index (χ3v) is 4.22. The summed E-state index contributed by atoms with van der Waals surface area (Å²) in [5.74, 6) is 0.899. The van der Waals surface area contributed by atoms with Gasteiger partial charge in [-0.05, 0) is 48.0 Å². The van der Waals surface area contributed by atoms with Crippen molar-refractivity contribution in [3.05, 3.63) is 89.5 Å². The molecule has 5 nitrogen and oxygen atoms in total. The first-order chi connectivity index (χ1) is 14.2. The van der Waals surface area contributed by atoms with Crippen LogP contribution < -0.4 is 14.2 Å². The number of allylic oxidation sites excluding steroid dienone is 1. The number of esters is 1. The standard InChI is InChI=1S/C24H19NO4/c1-27-22-12-5-3-10-20(22)18(16-25)14-17-8-7-9-19(15-17)29-24(26)21-11-4-6-13-23(21)28-2/h3-15H,1-2H3/b18-14-. The molecule has 144 valence electrons. The van der Waals surface area contributed by atoms with Gasteiger partial charge < -0.3 is 14.2 Å². The van der Waals surface area contributed by atoms with Crippen LogP contribution in [0.1, 0.15) is 21.5 Å². The molecule has 0 heterocycles. The Morgan fingerprint density at radius 1 is 0.862 bits per heavy atom. The Balaban J connectivity index is 1.88. The van der Waals surface area contributed by atoms with E-state index in [-0.39, 0.29) is 0 Å². The van der Waals surface area contributed by atoms with Gasteiger partial charge in [-0.2, -0.15) is 5.26 Å². The molecule has 3 aromatic carbocycles. The molecule has 0 unspecified atom stereocenters. The van der Waals surface area contributed by atoms with Crippen molar-refractivity contribution in [2.45, 2.75) is 0 Å². The van der Waals surface area contributed by atoms with E-state index >= 15 is 0 Å². The summed E-state index contributed by atoms with van der Waals surface area (Å²) in [6, 6.07) is 23.3. The molecule has 0 saturated heterocycles. The zero-order valence-electron chi connectivity index (χ0n) is 16.1. The molecule has 5 heteroatoms. The predicted octanol–water partition coefficient (Wildman–Crippen LogP) is 4.99. The maximum Gasteiger partial charge on any atom is 0.347 e. The number of para-hydroxylation sites is 2. The molecule has 3 rings (SSSR count). The van der Waals surface area contributed by atoms with Gasteiger partial charge in [0.25, 0.3) is 0 Å². The lowest BCUT2D eigenvalue weighted by Crippen LogP contribution is -2.10. The van der Waals surface area contributed by atoms with E-state index in [2.05, 4.69) is 6.07 Å². The zero-order chi connectivity index (χ0) is 20.6. The minimum Gasteiger partial charge on any atom is -0.496 e. The number of carbonyl (C=O) groups excluding carboxylic acids is 1. The van der Waals surface area contributed by atoms with E-state index in [4.69, 9.17) is 14.2 Å². The molecule has 0 fully saturated rings. The normalized spacial score (nSPS) is 10.7. The van der Waals surface area contributed by atoms with Gasteiger partial charge in [0.05, 0.1) is 25.9 Å². The van der Waals surface area contributed by atoms with Crippen LogP contribution in [0.4, 0.5) is 0 Å². The molecule has 29 heavy (non-hydrogen) atoms. The number of carbonyl (C=O) groups is 1. The van der Waals surface area contributed by atoms with E-state index in [1.54, 1.807) is 61.7 Å². The molecular formula is C24H19NO4. The molecule has 0 saturated carbocycles. The van der Waals surface area contributed by atoms with Crippen molar-refractivity contribution in [1.82, 2.24) is 0 Å². The third kappa shape index (κ3) is 4.63. The van der Waals surface area contributed by atoms with E-state index in [0.717, 1.165) is 5.56 Å². The molecule has 3 aromatic rings. The van der Waals surface area contributed by atoms with Crippen molar-refractivity contribution in [1.29, 1.82) is 5.26 Å². The number of hydrogen-bond donors (Lipinski definition) is 0. The monoisotopic (exact) mass is 385 g/mol. The highest BCUT2D eigenvalue weighted by Crippen LogP contribution is 2.28. The predicted molar refractivity (Wildman–Crippen MR) is 111 cm³/mol. The van der Waals surface area contributed by atoms with E-state index in [1.807, 2.05) is 24.3 Å². The van der Waals surface area contributed by atoms with Gasteiger partial charge in [-0.25, -0.2) is 4.79 Å². The molecule has 0 amide bonds. The lowest BCUT2D eigenvalue weighted by atomic mass is 10.0. The summed E-state index contributed by atoms with van der Waals surface area (Å²) < 4.78 is 16.0. The molecular weight excluding hydrogens is 366 g/mol. The van der Waals surface area contributed by atoms with Crippen LogP contribution in [-0.4, -0.2) is 20.2 Å². The molecule has 0 radical (unpaired) electrons. The first-order valence-corrected chi connectivity index (χ1v) is 8.86. The summed E-state index contributed by atoms with van der Waals surface area (Å²) in [6.45, 7) is 0. The highest BCUT2D eigenvalue weighted by Gasteiger charge is 2.14. The Labute approximate surface area is 169 Å². The van der Waals surface area contributed by atoms with Gasteiger partial charge in [0.15, 0.2) is 0 Å². The second-order valence-electron chi connectivity index (χ2n) is 6.03. The highest BCUT2D eigenvalue weighted by molar-refractivity contribution is 5.94. The van der Waals surface area contributed by atoms with Crippen LogP contribution in [0.5, 0.6) is 17.2 Å². The van der Waals surface area contributed by atoms with Gasteiger partial charge in [-0.1, -0.05) is 36.4 Å². The van der Waals surface area contributed by atoms with Crippen LogP contribution in [0.25, 0.3) is 11.6 Å². The number of benzene rings is 3. The van der Waals surface area contributed by atoms with E-state index < -0.39 is 5.97 Å². The SMILES string of the molecule is COc1ccccc1C(=O)Oc1cccc(/C=C(/C#N)c2ccccc2OC)c1. The molecule has 0 aliphatic heterocycles. The Morgan fingerprint density at radius 2 is 1.48 bits per heavy atom. The second-order valence-corrected chi connectivity index (χ2v) is 6.03. The zero-order valence-corrected chi connectivity index (χ0v) is 16.1. The Hall–Kier alpha value is -4.04. The average molecular weight is 385 g/mol. The van der Waals surface area contributed by atoms with Gasteiger partial charge in [-0.3, -0.25) is 0 Å². The minimum absolute atomic E-state index is 0.336. The molecule has 0 spiro atoms. The number of methoxy groups -OCH3 is 2. The molecule has 0 N–H and O–H groups in total. The van der Waals surface area contributed by atoms with E-state index in [0.29, 0.717) is 33.9 Å². The smallest absolute Gasteiger partial charge is 0.347 e. The van der Waals surface area contributed by atoms with Gasteiger partial charge in [-0.15, -0.1) is 0 Å². The molecule has 0 aliphatic carbocycles. The second kappa shape index (κ2) is 9.25. The van der Waals surface area contributed by atoms with Gasteiger partial charge in [0.2, 0.25) is 0 Å². The van der Waals surface area contributed by atoms with Crippen LogP contribution in [0.3, 0.4) is 0 Å². The van der Waals surface area contributed by atoms with Crippen molar-refractivity contribution in [2.75, 3.05) is 14.2 Å². The van der Waals surface area contributed by atoms with Crippen molar-refractivity contribution < 1.29 is 19.0 Å². The van der Waals surface area contributed by atoms with Crippen LogP contribution in [0.15, 0.2) is 72.8 Å². The number of hydrogen-bond acceptors (Lipinski definition) is 5. The number of ether oxygens (including phenoxy) is 3. The van der Waals surface area contributed by atoms with Crippen molar-refractivity contribution in [3.63, 3.8) is 0 Å². The minimum atomic E-state index is -0.520. The number of rotatable bonds is 6. The maximum atomic E-state index is 12.5. The Morgan fingerprint density at radius 3 is 2.14 bits per heavy atom. The largest absolute Gasteiger partial charge is 0.496 e. The van der Waals surface area contributed by atoms with Crippen LogP contribution in [-0.2, 0) is 0 Å². The summed E-state index contributed by atoms with van der Waals surface area (Å²) in [5.41, 5.74) is 2.19. The summed E-state index contributed by atoms with van der Waals surface area (Å²) >= 11 is 0. The first kappa shape index (κ1) is 19.7. The Bertz CT molecular complexity index is 1100. The quantitative estimate of drug-likeness (QED) is 0.259. The first-order valence-electron chi connectivity index (χ1n) is 8.86. The summed E-state index contributed by atoms with van der Waals surface area (Å²) in [6.07, 6.45) is 1.72. The highest BCUT2D eigenvalue weighted by atomic mass is 16.5. The number of nitrogens with zero attached hydrogens (tertiary/aromatic N) is 1. The Kier molecular flexibility index (Phi) is 6.29. The molecule has 0 aliphatic rings. The van der Waals surface area contributed by atoms with Crippen molar-refractivity contribution >= 4 is 17.6 Å². The van der Waals surface area contributed by atoms with Crippen LogP contribution in [0.2, 0.25) is 0 Å².